The first-order valence-electron chi connectivity index (χ1n) is 14.2. The first-order valence-corrected chi connectivity index (χ1v) is 14.2. The van der Waals surface area contributed by atoms with Crippen molar-refractivity contribution < 1.29 is 14.3 Å². The van der Waals surface area contributed by atoms with Crippen LogP contribution in [0.4, 0.5) is 5.69 Å². The van der Waals surface area contributed by atoms with Gasteiger partial charge >= 0.3 is 0 Å². The van der Waals surface area contributed by atoms with Crippen LogP contribution in [-0.4, -0.2) is 34.9 Å². The molecule has 0 bridgehead atoms. The number of benzene rings is 2. The predicted octanol–water partition coefficient (Wildman–Crippen LogP) is 5.90. The van der Waals surface area contributed by atoms with Gasteiger partial charge in [-0.05, 0) is 85.1 Å². The van der Waals surface area contributed by atoms with Gasteiger partial charge in [0.05, 0.1) is 11.8 Å². The maximum atomic E-state index is 13.6. The molecule has 1 aliphatic rings. The molecule has 0 saturated heterocycles. The molecule has 0 aliphatic carbocycles. The van der Waals surface area contributed by atoms with Gasteiger partial charge in [0.1, 0.15) is 11.5 Å². The van der Waals surface area contributed by atoms with Crippen molar-refractivity contribution in [3.8, 4) is 11.5 Å². The number of rotatable bonds is 6. The van der Waals surface area contributed by atoms with Gasteiger partial charge in [0, 0.05) is 49.5 Å². The molecule has 0 atom stereocenters. The predicted molar refractivity (Wildman–Crippen MR) is 159 cm³/mol. The lowest BCUT2D eigenvalue weighted by Crippen LogP contribution is -2.34. The van der Waals surface area contributed by atoms with Gasteiger partial charge in [-0.2, -0.15) is 0 Å². The highest BCUT2D eigenvalue weighted by Gasteiger charge is 2.22. The summed E-state index contributed by atoms with van der Waals surface area (Å²) >= 11 is 0. The zero-order valence-corrected chi connectivity index (χ0v) is 23.1. The SMILES string of the molecule is O=C(NCc1ccc(Oc2cccnc2)cc1)c1ccc2c(c1)CNCCCCCCCN2C(=O)c1cccnc1. The van der Waals surface area contributed by atoms with E-state index in [1.807, 2.05) is 53.4 Å². The molecule has 0 spiro atoms. The molecule has 0 unspecified atom stereocenters. The number of fused-ring (bicyclic) bond motifs is 1. The molecule has 0 fully saturated rings. The van der Waals surface area contributed by atoms with Gasteiger partial charge in [-0.1, -0.05) is 31.4 Å². The summed E-state index contributed by atoms with van der Waals surface area (Å²) in [7, 11) is 0. The Bertz CT molecular complexity index is 1430. The van der Waals surface area contributed by atoms with E-state index in [1.54, 1.807) is 43.0 Å². The summed E-state index contributed by atoms with van der Waals surface area (Å²) in [6.45, 7) is 2.47. The second-order valence-electron chi connectivity index (χ2n) is 10.1. The molecule has 2 amide bonds. The molecule has 8 nitrogen and oxygen atoms in total. The monoisotopic (exact) mass is 549 g/mol. The maximum absolute atomic E-state index is 13.6. The van der Waals surface area contributed by atoms with Crippen molar-refractivity contribution in [1.82, 2.24) is 20.6 Å². The number of hydrogen-bond acceptors (Lipinski definition) is 6. The fraction of sp³-hybridized carbons (Fsp3) is 0.273. The zero-order valence-electron chi connectivity index (χ0n) is 23.1. The van der Waals surface area contributed by atoms with Crippen LogP contribution < -0.4 is 20.3 Å². The summed E-state index contributed by atoms with van der Waals surface area (Å²) in [6.07, 6.45) is 12.1. The Hall–Kier alpha value is -4.56. The average Bonchev–Trinajstić information content (AvgIpc) is 3.01. The molecular weight excluding hydrogens is 514 g/mol. The Balaban J connectivity index is 1.30. The number of nitrogens with zero attached hydrogens (tertiary/aromatic N) is 3. The summed E-state index contributed by atoms with van der Waals surface area (Å²) in [5, 5.41) is 6.53. The maximum Gasteiger partial charge on any atom is 0.259 e. The van der Waals surface area contributed by atoms with Crippen LogP contribution in [0.15, 0.2) is 91.5 Å². The number of ether oxygens (including phenoxy) is 1. The van der Waals surface area contributed by atoms with E-state index in [2.05, 4.69) is 20.6 Å². The molecular formula is C33H35N5O3. The van der Waals surface area contributed by atoms with Gasteiger partial charge in [-0.15, -0.1) is 0 Å². The Morgan fingerprint density at radius 2 is 1.61 bits per heavy atom. The lowest BCUT2D eigenvalue weighted by atomic mass is 10.0. The highest BCUT2D eigenvalue weighted by Crippen LogP contribution is 2.26. The first-order chi connectivity index (χ1) is 20.2. The van der Waals surface area contributed by atoms with E-state index in [0.29, 0.717) is 42.3 Å². The van der Waals surface area contributed by atoms with Crippen LogP contribution in [0.25, 0.3) is 0 Å². The highest BCUT2D eigenvalue weighted by atomic mass is 16.5. The largest absolute Gasteiger partial charge is 0.456 e. The zero-order chi connectivity index (χ0) is 28.3. The van der Waals surface area contributed by atoms with E-state index >= 15 is 0 Å². The van der Waals surface area contributed by atoms with Crippen LogP contribution in [0, 0.1) is 0 Å². The Kier molecular flexibility index (Phi) is 9.68. The summed E-state index contributed by atoms with van der Waals surface area (Å²) in [5.74, 6) is 1.12. The third-order valence-corrected chi connectivity index (χ3v) is 7.08. The quantitative estimate of drug-likeness (QED) is 0.311. The van der Waals surface area contributed by atoms with Gasteiger partial charge in [0.2, 0.25) is 0 Å². The minimum atomic E-state index is -0.167. The molecule has 1 aliphatic heterocycles. The van der Waals surface area contributed by atoms with Gasteiger partial charge in [0.25, 0.3) is 11.8 Å². The molecule has 41 heavy (non-hydrogen) atoms. The number of pyridine rings is 2. The molecule has 2 aromatic heterocycles. The van der Waals surface area contributed by atoms with Crippen molar-refractivity contribution in [3.63, 3.8) is 0 Å². The fourth-order valence-electron chi connectivity index (χ4n) is 4.88. The molecule has 0 radical (unpaired) electrons. The minimum Gasteiger partial charge on any atom is -0.456 e. The van der Waals surface area contributed by atoms with Gasteiger partial charge in [-0.25, -0.2) is 0 Å². The molecule has 210 valence electrons. The lowest BCUT2D eigenvalue weighted by Gasteiger charge is -2.26. The van der Waals surface area contributed by atoms with E-state index < -0.39 is 0 Å². The van der Waals surface area contributed by atoms with Crippen molar-refractivity contribution in [1.29, 1.82) is 0 Å². The Labute approximate surface area is 240 Å². The smallest absolute Gasteiger partial charge is 0.259 e. The van der Waals surface area contributed by atoms with Gasteiger partial charge in [-0.3, -0.25) is 19.6 Å². The molecule has 5 rings (SSSR count). The van der Waals surface area contributed by atoms with Crippen molar-refractivity contribution in [2.45, 2.75) is 45.2 Å². The van der Waals surface area contributed by atoms with Crippen LogP contribution in [0.1, 0.15) is 63.9 Å². The van der Waals surface area contributed by atoms with Crippen molar-refractivity contribution in [2.24, 2.45) is 0 Å². The van der Waals surface area contributed by atoms with E-state index in [4.69, 9.17) is 4.74 Å². The van der Waals surface area contributed by atoms with E-state index in [-0.39, 0.29) is 11.8 Å². The van der Waals surface area contributed by atoms with Crippen LogP contribution in [-0.2, 0) is 13.1 Å². The summed E-state index contributed by atoms with van der Waals surface area (Å²) in [6, 6.07) is 20.4. The Morgan fingerprint density at radius 1 is 0.829 bits per heavy atom. The number of hydrogen-bond donors (Lipinski definition) is 2. The number of aromatic nitrogens is 2. The van der Waals surface area contributed by atoms with Crippen LogP contribution in [0.3, 0.4) is 0 Å². The highest BCUT2D eigenvalue weighted by molar-refractivity contribution is 6.06. The van der Waals surface area contributed by atoms with Crippen molar-refractivity contribution in [3.05, 3.63) is 114 Å². The molecule has 2 N–H and O–H groups in total. The topological polar surface area (TPSA) is 96.5 Å². The second kappa shape index (κ2) is 14.2. The molecule has 2 aromatic carbocycles. The standard InChI is InChI=1S/C33H35N5O3/c39-32(37-21-25-10-13-29(14-11-25)41-30-9-7-18-36-24-30)26-12-15-31-28(20-26)23-34-16-4-2-1-3-5-19-38(31)33(40)27-8-6-17-35-22-27/h6-15,17-18,20,22,24,34H,1-5,16,19,21,23H2,(H,37,39). The van der Waals surface area contributed by atoms with Crippen molar-refractivity contribution in [2.75, 3.05) is 18.0 Å². The third kappa shape index (κ3) is 7.77. The summed E-state index contributed by atoms with van der Waals surface area (Å²) in [4.78, 5) is 36.8. The number of carbonyl (C=O) groups excluding carboxylic acids is 2. The summed E-state index contributed by atoms with van der Waals surface area (Å²) < 4.78 is 5.80. The molecule has 0 saturated carbocycles. The van der Waals surface area contributed by atoms with E-state index in [1.165, 1.54) is 0 Å². The number of carbonyl (C=O) groups is 2. The van der Waals surface area contributed by atoms with E-state index in [0.717, 1.165) is 55.5 Å². The number of anilines is 1. The number of amides is 2. The van der Waals surface area contributed by atoms with Crippen LogP contribution in [0.5, 0.6) is 11.5 Å². The van der Waals surface area contributed by atoms with Crippen molar-refractivity contribution >= 4 is 17.5 Å². The van der Waals surface area contributed by atoms with Crippen LogP contribution >= 0.6 is 0 Å². The minimum absolute atomic E-state index is 0.0791. The van der Waals surface area contributed by atoms with Gasteiger partial charge < -0.3 is 20.3 Å². The number of nitrogens with one attached hydrogen (secondary N) is 2. The molecule has 4 aromatic rings. The van der Waals surface area contributed by atoms with Gasteiger partial charge in [0.15, 0.2) is 0 Å². The Morgan fingerprint density at radius 3 is 2.39 bits per heavy atom. The third-order valence-electron chi connectivity index (χ3n) is 7.08. The second-order valence-corrected chi connectivity index (χ2v) is 10.1. The normalized spacial score (nSPS) is 14.2. The fourth-order valence-corrected chi connectivity index (χ4v) is 4.88. The summed E-state index contributed by atoms with van der Waals surface area (Å²) in [5.41, 5.74) is 3.82. The van der Waals surface area contributed by atoms with E-state index in [9.17, 15) is 9.59 Å². The molecule has 3 heterocycles. The first kappa shape index (κ1) is 28.0. The average molecular weight is 550 g/mol. The van der Waals surface area contributed by atoms with Crippen LogP contribution in [0.2, 0.25) is 0 Å². The molecule has 8 heteroatoms. The lowest BCUT2D eigenvalue weighted by molar-refractivity contribution is 0.0949.